The molecule has 0 amide bonds. The smallest absolute Gasteiger partial charge is 0.175 e. The first kappa shape index (κ1) is 16.5. The molecule has 5 nitrogen and oxygen atoms in total. The first-order valence-electron chi connectivity index (χ1n) is 5.94. The van der Waals surface area contributed by atoms with Gasteiger partial charge < -0.3 is 14.8 Å². The van der Waals surface area contributed by atoms with Gasteiger partial charge in [-0.3, -0.25) is 10.5 Å². The molecule has 0 saturated carbocycles. The number of rotatable bonds is 9. The summed E-state index contributed by atoms with van der Waals surface area (Å²) in [6.45, 7) is 8.66. The molecule has 0 aliphatic heterocycles. The van der Waals surface area contributed by atoms with Crippen LogP contribution in [0.3, 0.4) is 0 Å². The van der Waals surface area contributed by atoms with E-state index in [0.717, 1.165) is 13.0 Å². The average Bonchev–Trinajstić information content (AvgIpc) is 2.21. The summed E-state index contributed by atoms with van der Waals surface area (Å²) in [6.07, 6.45) is 0.913. The van der Waals surface area contributed by atoms with Crippen molar-refractivity contribution in [1.29, 1.82) is 0 Å². The Labute approximate surface area is 104 Å². The van der Waals surface area contributed by atoms with Gasteiger partial charge in [-0.15, -0.1) is 0 Å². The Morgan fingerprint density at radius 1 is 1.24 bits per heavy atom. The highest BCUT2D eigenvalue weighted by Gasteiger charge is 2.25. The van der Waals surface area contributed by atoms with Crippen LogP contribution in [0.2, 0.25) is 0 Å². The van der Waals surface area contributed by atoms with Crippen molar-refractivity contribution >= 4 is 5.78 Å². The van der Waals surface area contributed by atoms with E-state index in [1.165, 1.54) is 6.92 Å². The molecule has 3 N–H and O–H groups in total. The average molecular weight is 246 g/mol. The van der Waals surface area contributed by atoms with Crippen molar-refractivity contribution in [3.63, 3.8) is 0 Å². The third kappa shape index (κ3) is 7.44. The number of carbonyl (C=O) groups excluding carboxylic acids is 1. The highest BCUT2D eigenvalue weighted by Crippen LogP contribution is 2.13. The van der Waals surface area contributed by atoms with Crippen LogP contribution in [0.15, 0.2) is 0 Å². The van der Waals surface area contributed by atoms with E-state index in [1.807, 2.05) is 20.9 Å². The standard InChI is InChI=1S/C12H26N2O3/c1-10(15)12(4,13)17-9-8-16-11(2,3)6-7-14-5/h14H,6-9,13H2,1-5H3. The van der Waals surface area contributed by atoms with E-state index in [-0.39, 0.29) is 11.4 Å². The summed E-state index contributed by atoms with van der Waals surface area (Å²) in [5.74, 6) is -0.188. The summed E-state index contributed by atoms with van der Waals surface area (Å²) in [5.41, 5.74) is 4.24. The second kappa shape index (κ2) is 7.06. The quantitative estimate of drug-likeness (QED) is 0.462. The number of ketones is 1. The highest BCUT2D eigenvalue weighted by molar-refractivity contribution is 5.83. The summed E-state index contributed by atoms with van der Waals surface area (Å²) >= 11 is 0. The highest BCUT2D eigenvalue weighted by atomic mass is 16.6. The summed E-state index contributed by atoms with van der Waals surface area (Å²) < 4.78 is 11.0. The van der Waals surface area contributed by atoms with Gasteiger partial charge in [0.1, 0.15) is 0 Å². The number of nitrogens with one attached hydrogen (secondary N) is 1. The Balaban J connectivity index is 3.81. The van der Waals surface area contributed by atoms with E-state index in [9.17, 15) is 4.79 Å². The topological polar surface area (TPSA) is 73.6 Å². The maximum atomic E-state index is 11.1. The molecule has 5 heteroatoms. The van der Waals surface area contributed by atoms with Gasteiger partial charge in [0.05, 0.1) is 18.8 Å². The van der Waals surface area contributed by atoms with Crippen molar-refractivity contribution < 1.29 is 14.3 Å². The van der Waals surface area contributed by atoms with Crippen LogP contribution in [-0.2, 0) is 14.3 Å². The normalized spacial score (nSPS) is 15.6. The fourth-order valence-corrected chi connectivity index (χ4v) is 1.17. The van der Waals surface area contributed by atoms with Crippen LogP contribution >= 0.6 is 0 Å². The van der Waals surface area contributed by atoms with Gasteiger partial charge in [-0.05, 0) is 47.7 Å². The van der Waals surface area contributed by atoms with Gasteiger partial charge in [0, 0.05) is 0 Å². The molecule has 0 aromatic rings. The zero-order valence-corrected chi connectivity index (χ0v) is 11.6. The molecule has 0 aliphatic carbocycles. The Hall–Kier alpha value is -0.490. The molecule has 0 aromatic heterocycles. The van der Waals surface area contributed by atoms with E-state index in [1.54, 1.807) is 6.92 Å². The Morgan fingerprint density at radius 2 is 1.76 bits per heavy atom. The molecular weight excluding hydrogens is 220 g/mol. The maximum absolute atomic E-state index is 11.1. The summed E-state index contributed by atoms with van der Waals surface area (Å²) in [4.78, 5) is 11.1. The maximum Gasteiger partial charge on any atom is 0.175 e. The second-order valence-electron chi connectivity index (χ2n) is 4.97. The lowest BCUT2D eigenvalue weighted by molar-refractivity contribution is -0.144. The number of Topliss-reactive ketones (excluding diaryl/α,β-unsaturated/α-hetero) is 1. The zero-order valence-electron chi connectivity index (χ0n) is 11.6. The monoisotopic (exact) mass is 246 g/mol. The number of nitrogens with two attached hydrogens (primary N) is 1. The molecule has 1 unspecified atom stereocenters. The molecule has 0 saturated heterocycles. The molecule has 0 radical (unpaired) electrons. The van der Waals surface area contributed by atoms with Gasteiger partial charge >= 0.3 is 0 Å². The minimum atomic E-state index is -1.21. The SMILES string of the molecule is CNCCC(C)(C)OCCOC(C)(N)C(C)=O. The largest absolute Gasteiger partial charge is 0.373 e. The van der Waals surface area contributed by atoms with E-state index < -0.39 is 5.72 Å². The molecule has 102 valence electrons. The third-order valence-electron chi connectivity index (χ3n) is 2.65. The van der Waals surface area contributed by atoms with Crippen molar-refractivity contribution in [2.24, 2.45) is 5.73 Å². The number of hydrogen-bond donors (Lipinski definition) is 2. The van der Waals surface area contributed by atoms with Crippen LogP contribution in [0.25, 0.3) is 0 Å². The lowest BCUT2D eigenvalue weighted by atomic mass is 10.1. The zero-order chi connectivity index (χ0) is 13.5. The lowest BCUT2D eigenvalue weighted by Gasteiger charge is -2.27. The van der Waals surface area contributed by atoms with Crippen molar-refractivity contribution in [2.45, 2.75) is 45.4 Å². The molecule has 0 bridgehead atoms. The van der Waals surface area contributed by atoms with E-state index in [4.69, 9.17) is 15.2 Å². The summed E-state index contributed by atoms with van der Waals surface area (Å²) in [5, 5.41) is 3.08. The lowest BCUT2D eigenvalue weighted by Crippen LogP contribution is -2.47. The number of carbonyl (C=O) groups is 1. The molecule has 0 heterocycles. The fraction of sp³-hybridized carbons (Fsp3) is 0.917. The fourth-order valence-electron chi connectivity index (χ4n) is 1.17. The van der Waals surface area contributed by atoms with Crippen molar-refractivity contribution in [3.05, 3.63) is 0 Å². The number of ether oxygens (including phenoxy) is 2. The number of hydrogen-bond acceptors (Lipinski definition) is 5. The summed E-state index contributed by atoms with van der Waals surface area (Å²) in [6, 6.07) is 0. The molecule has 1 atom stereocenters. The second-order valence-corrected chi connectivity index (χ2v) is 4.97. The Kier molecular flexibility index (Phi) is 6.85. The van der Waals surface area contributed by atoms with Crippen LogP contribution in [0.1, 0.15) is 34.1 Å². The van der Waals surface area contributed by atoms with Crippen LogP contribution in [0.5, 0.6) is 0 Å². The first-order valence-corrected chi connectivity index (χ1v) is 5.94. The van der Waals surface area contributed by atoms with Crippen LogP contribution in [-0.4, -0.2) is 43.9 Å². The molecule has 0 aromatic carbocycles. The van der Waals surface area contributed by atoms with Crippen molar-refractivity contribution in [2.75, 3.05) is 26.8 Å². The van der Waals surface area contributed by atoms with Crippen LogP contribution < -0.4 is 11.1 Å². The third-order valence-corrected chi connectivity index (χ3v) is 2.65. The van der Waals surface area contributed by atoms with Gasteiger partial charge in [-0.25, -0.2) is 0 Å². The summed E-state index contributed by atoms with van der Waals surface area (Å²) in [7, 11) is 1.91. The van der Waals surface area contributed by atoms with Crippen LogP contribution in [0.4, 0.5) is 0 Å². The van der Waals surface area contributed by atoms with Gasteiger partial charge in [-0.2, -0.15) is 0 Å². The molecule has 0 aliphatic rings. The van der Waals surface area contributed by atoms with Crippen molar-refractivity contribution in [1.82, 2.24) is 5.32 Å². The first-order chi connectivity index (χ1) is 7.71. The minimum absolute atomic E-state index is 0.188. The van der Waals surface area contributed by atoms with Crippen molar-refractivity contribution in [3.8, 4) is 0 Å². The predicted molar refractivity (Wildman–Crippen MR) is 67.8 cm³/mol. The van der Waals surface area contributed by atoms with E-state index in [0.29, 0.717) is 13.2 Å². The Morgan fingerprint density at radius 3 is 2.24 bits per heavy atom. The van der Waals surface area contributed by atoms with Gasteiger partial charge in [0.15, 0.2) is 11.5 Å². The molecule has 17 heavy (non-hydrogen) atoms. The van der Waals surface area contributed by atoms with E-state index >= 15 is 0 Å². The molecular formula is C12H26N2O3. The Bertz CT molecular complexity index is 240. The van der Waals surface area contributed by atoms with E-state index in [2.05, 4.69) is 5.32 Å². The molecule has 0 spiro atoms. The molecule has 0 rings (SSSR count). The minimum Gasteiger partial charge on any atom is -0.373 e. The van der Waals surface area contributed by atoms with Gasteiger partial charge in [-0.1, -0.05) is 0 Å². The molecule has 0 fully saturated rings. The van der Waals surface area contributed by atoms with Crippen LogP contribution in [0, 0.1) is 0 Å². The predicted octanol–water partition coefficient (Wildman–Crippen LogP) is 0.672. The van der Waals surface area contributed by atoms with Gasteiger partial charge in [0.2, 0.25) is 0 Å². The van der Waals surface area contributed by atoms with Gasteiger partial charge in [0.25, 0.3) is 0 Å².